The molecule has 1 saturated heterocycles. The highest BCUT2D eigenvalue weighted by atomic mass is 19.1. The van der Waals surface area contributed by atoms with Crippen LogP contribution in [0, 0.1) is 17.6 Å². The molecule has 3 N–H and O–H groups in total. The van der Waals surface area contributed by atoms with Crippen LogP contribution < -0.4 is 15.4 Å². The number of fused-ring (bicyclic) bond motifs is 1. The number of hydrogen-bond donors (Lipinski definition) is 3. The first-order valence-corrected chi connectivity index (χ1v) is 12.1. The van der Waals surface area contributed by atoms with Gasteiger partial charge in [-0.3, -0.25) is 0 Å². The summed E-state index contributed by atoms with van der Waals surface area (Å²) in [5.74, 6) is -0.799. The molecule has 0 bridgehead atoms. The number of methoxy groups -OCH3 is 1. The minimum absolute atomic E-state index is 0.00458. The fraction of sp³-hybridized carbons (Fsp3) is 0.500. The van der Waals surface area contributed by atoms with Crippen molar-refractivity contribution in [3.63, 3.8) is 0 Å². The molecule has 3 unspecified atom stereocenters. The fourth-order valence-electron chi connectivity index (χ4n) is 5.06. The van der Waals surface area contributed by atoms with E-state index >= 15 is 0 Å². The van der Waals surface area contributed by atoms with Gasteiger partial charge in [-0.25, -0.2) is 32.9 Å². The number of aromatic nitrogens is 4. The Kier molecular flexibility index (Phi) is 6.84. The summed E-state index contributed by atoms with van der Waals surface area (Å²) in [4.78, 5) is 29.3. The average Bonchev–Trinajstić information content (AvgIpc) is 3.50. The molecule has 192 valence electrons. The number of aromatic amines is 1. The van der Waals surface area contributed by atoms with Gasteiger partial charge in [0, 0.05) is 25.3 Å². The van der Waals surface area contributed by atoms with Crippen LogP contribution in [0.1, 0.15) is 32.1 Å². The van der Waals surface area contributed by atoms with Crippen LogP contribution in [0.15, 0.2) is 18.6 Å². The van der Waals surface area contributed by atoms with E-state index in [0.29, 0.717) is 36.1 Å². The Hall–Kier alpha value is -3.57. The lowest BCUT2D eigenvalue weighted by atomic mass is 9.85. The van der Waals surface area contributed by atoms with Gasteiger partial charge in [-0.05, 0) is 31.6 Å². The first-order valence-electron chi connectivity index (χ1n) is 12.1. The number of ether oxygens (including phenoxy) is 1. The highest BCUT2D eigenvalue weighted by Gasteiger charge is 2.29. The molecule has 2 fully saturated rings. The third kappa shape index (κ3) is 4.89. The maximum atomic E-state index is 14.6. The van der Waals surface area contributed by atoms with Gasteiger partial charge in [-0.1, -0.05) is 6.42 Å². The molecule has 1 aliphatic carbocycles. The van der Waals surface area contributed by atoms with E-state index in [-0.39, 0.29) is 41.9 Å². The summed E-state index contributed by atoms with van der Waals surface area (Å²) in [5, 5.41) is 6.47. The van der Waals surface area contributed by atoms with Crippen LogP contribution in [0.2, 0.25) is 0 Å². The molecule has 9 nitrogen and oxygen atoms in total. The summed E-state index contributed by atoms with van der Waals surface area (Å²) < 4.78 is 47.4. The molecule has 36 heavy (non-hydrogen) atoms. The fourth-order valence-corrected chi connectivity index (χ4v) is 5.06. The Labute approximate surface area is 205 Å². The molecule has 5 rings (SSSR count). The quantitative estimate of drug-likeness (QED) is 0.469. The van der Waals surface area contributed by atoms with Gasteiger partial charge in [0.1, 0.15) is 11.8 Å². The van der Waals surface area contributed by atoms with Crippen molar-refractivity contribution in [3.05, 3.63) is 30.2 Å². The number of likely N-dealkylation sites (tertiary alicyclic amines) is 1. The maximum absolute atomic E-state index is 14.6. The van der Waals surface area contributed by atoms with Crippen LogP contribution in [0.3, 0.4) is 0 Å². The second-order valence-electron chi connectivity index (χ2n) is 9.35. The third-order valence-corrected chi connectivity index (χ3v) is 6.89. The summed E-state index contributed by atoms with van der Waals surface area (Å²) in [5.41, 5.74) is 0.840. The highest BCUT2D eigenvalue weighted by Crippen LogP contribution is 2.35. The minimum atomic E-state index is -0.952. The van der Waals surface area contributed by atoms with Crippen LogP contribution in [0.25, 0.3) is 22.4 Å². The van der Waals surface area contributed by atoms with E-state index in [1.165, 1.54) is 12.0 Å². The predicted molar refractivity (Wildman–Crippen MR) is 127 cm³/mol. The Balaban J connectivity index is 1.26. The van der Waals surface area contributed by atoms with Gasteiger partial charge in [-0.15, -0.1) is 0 Å². The number of anilines is 1. The van der Waals surface area contributed by atoms with Gasteiger partial charge in [0.05, 0.1) is 37.0 Å². The number of hydrogen-bond acceptors (Lipinski definition) is 6. The lowest BCUT2D eigenvalue weighted by Gasteiger charge is -2.31. The number of H-pyrrole nitrogens is 1. The summed E-state index contributed by atoms with van der Waals surface area (Å²) in [6.45, 7) is 1.04. The monoisotopic (exact) mass is 503 g/mol. The zero-order valence-corrected chi connectivity index (χ0v) is 19.9. The molecule has 0 radical (unpaired) electrons. The zero-order valence-electron chi connectivity index (χ0n) is 19.9. The van der Waals surface area contributed by atoms with Gasteiger partial charge < -0.3 is 25.3 Å². The van der Waals surface area contributed by atoms with Gasteiger partial charge in [0.2, 0.25) is 0 Å². The molecule has 3 aromatic rings. The number of carbonyl (C=O) groups excluding carboxylic acids is 1. The molecular formula is C24H28F3N7O2. The lowest BCUT2D eigenvalue weighted by molar-refractivity contribution is 0.192. The number of urea groups is 1. The molecule has 2 amide bonds. The molecular weight excluding hydrogens is 475 g/mol. The van der Waals surface area contributed by atoms with Crippen molar-refractivity contribution >= 4 is 22.9 Å². The van der Waals surface area contributed by atoms with Gasteiger partial charge >= 0.3 is 6.03 Å². The smallest absolute Gasteiger partial charge is 0.317 e. The van der Waals surface area contributed by atoms with Crippen molar-refractivity contribution in [1.82, 2.24) is 30.2 Å². The standard InChI is InChI=1S/C24H28F3N7O2/c1-36-20-17(26)10-31-23-19(20)16(9-29-23)21-30-11-18(27)22(33-21)28-8-13-3-2-4-15(7-13)32-24(35)34-6-5-14(25)12-34/h9-11,13-15H,2-8,12H2,1H3,(H,29,31)(H,32,35)(H,28,30,33). The Morgan fingerprint density at radius 1 is 1.22 bits per heavy atom. The van der Waals surface area contributed by atoms with E-state index in [1.54, 1.807) is 6.20 Å². The van der Waals surface area contributed by atoms with Crippen molar-refractivity contribution in [2.75, 3.05) is 32.1 Å². The van der Waals surface area contributed by atoms with Crippen LogP contribution in [-0.4, -0.2) is 69.8 Å². The molecule has 1 saturated carbocycles. The molecule has 4 heterocycles. The number of carbonyl (C=O) groups is 1. The van der Waals surface area contributed by atoms with E-state index < -0.39 is 17.8 Å². The number of halogens is 3. The Morgan fingerprint density at radius 3 is 2.83 bits per heavy atom. The molecule has 0 aromatic carbocycles. The molecule has 0 spiro atoms. The number of alkyl halides is 1. The predicted octanol–water partition coefficient (Wildman–Crippen LogP) is 4.03. The zero-order chi connectivity index (χ0) is 25.2. The highest BCUT2D eigenvalue weighted by molar-refractivity contribution is 5.96. The van der Waals surface area contributed by atoms with Crippen molar-refractivity contribution in [1.29, 1.82) is 0 Å². The van der Waals surface area contributed by atoms with Crippen molar-refractivity contribution < 1.29 is 22.7 Å². The van der Waals surface area contributed by atoms with Crippen LogP contribution in [0.5, 0.6) is 5.75 Å². The molecule has 3 aromatic heterocycles. The van der Waals surface area contributed by atoms with E-state index in [4.69, 9.17) is 4.74 Å². The van der Waals surface area contributed by atoms with Crippen LogP contribution >= 0.6 is 0 Å². The Morgan fingerprint density at radius 2 is 2.06 bits per heavy atom. The Bertz CT molecular complexity index is 1250. The summed E-state index contributed by atoms with van der Waals surface area (Å²) in [6.07, 6.45) is 6.58. The number of amides is 2. The van der Waals surface area contributed by atoms with Crippen LogP contribution in [0.4, 0.5) is 23.8 Å². The molecule has 3 atom stereocenters. The summed E-state index contributed by atoms with van der Waals surface area (Å²) in [6, 6.07) is -0.232. The first-order chi connectivity index (χ1) is 17.4. The van der Waals surface area contributed by atoms with E-state index in [9.17, 15) is 18.0 Å². The first kappa shape index (κ1) is 24.1. The third-order valence-electron chi connectivity index (χ3n) is 6.89. The van der Waals surface area contributed by atoms with E-state index in [2.05, 4.69) is 30.6 Å². The van der Waals surface area contributed by atoms with Crippen molar-refractivity contribution in [2.24, 2.45) is 5.92 Å². The number of rotatable bonds is 6. The normalized spacial score (nSPS) is 22.1. The summed E-state index contributed by atoms with van der Waals surface area (Å²) >= 11 is 0. The van der Waals surface area contributed by atoms with Gasteiger partial charge in [0.25, 0.3) is 0 Å². The van der Waals surface area contributed by atoms with Crippen molar-refractivity contribution in [3.8, 4) is 17.1 Å². The largest absolute Gasteiger partial charge is 0.493 e. The minimum Gasteiger partial charge on any atom is -0.493 e. The molecule has 2 aliphatic rings. The second-order valence-corrected chi connectivity index (χ2v) is 9.35. The number of nitrogens with one attached hydrogen (secondary N) is 3. The maximum Gasteiger partial charge on any atom is 0.317 e. The molecule has 12 heteroatoms. The lowest BCUT2D eigenvalue weighted by Crippen LogP contribution is -2.46. The van der Waals surface area contributed by atoms with Crippen LogP contribution in [-0.2, 0) is 0 Å². The second kappa shape index (κ2) is 10.2. The molecule has 1 aliphatic heterocycles. The number of nitrogens with zero attached hydrogens (tertiary/aromatic N) is 4. The van der Waals surface area contributed by atoms with E-state index in [1.807, 2.05) is 0 Å². The SMILES string of the molecule is COc1c(F)cnc2[nH]cc(-c3ncc(F)c(NCC4CCCC(NC(=O)N5CCC(F)C5)C4)n3)c12. The number of pyridine rings is 1. The van der Waals surface area contributed by atoms with E-state index in [0.717, 1.165) is 38.1 Å². The van der Waals surface area contributed by atoms with Gasteiger partial charge in [-0.2, -0.15) is 0 Å². The topological polar surface area (TPSA) is 108 Å². The average molecular weight is 504 g/mol. The van der Waals surface area contributed by atoms with Gasteiger partial charge in [0.15, 0.2) is 29.0 Å². The summed E-state index contributed by atoms with van der Waals surface area (Å²) in [7, 11) is 1.36. The van der Waals surface area contributed by atoms with Crippen molar-refractivity contribution in [2.45, 2.75) is 44.3 Å².